The smallest absolute Gasteiger partial charge is 0.127 e. The first-order chi connectivity index (χ1) is 29.1. The van der Waals surface area contributed by atoms with Crippen molar-refractivity contribution in [2.45, 2.75) is 122 Å². The van der Waals surface area contributed by atoms with E-state index in [-0.39, 0.29) is 37.7 Å². The summed E-state index contributed by atoms with van der Waals surface area (Å²) in [7, 11) is 0. The zero-order valence-corrected chi connectivity index (χ0v) is 41.7. The fourth-order valence-corrected chi connectivity index (χ4v) is 9.07. The first kappa shape index (κ1) is 50.6. The average Bonchev–Trinajstić information content (AvgIpc) is 3.17. The molecule has 9 heteroatoms. The van der Waals surface area contributed by atoms with Gasteiger partial charge in [-0.05, 0) is 141 Å². The summed E-state index contributed by atoms with van der Waals surface area (Å²) in [5, 5.41) is 68.3. The second kappa shape index (κ2) is 21.5. The summed E-state index contributed by atoms with van der Waals surface area (Å²) in [6.07, 6.45) is 0. The fourth-order valence-electron chi connectivity index (χ4n) is 9.07. The number of aromatic hydroxyl groups is 4. The number of hydrogen-bond donors (Lipinski definition) is 6. The normalized spacial score (nSPS) is 11.1. The number of quaternary nitrogens is 2. The van der Waals surface area contributed by atoms with Gasteiger partial charge < -0.3 is 40.4 Å². The van der Waals surface area contributed by atoms with Crippen molar-refractivity contribution in [3.05, 3.63) is 173 Å². The molecule has 0 amide bonds. The van der Waals surface area contributed by atoms with Crippen LogP contribution in [0, 0.1) is 83.1 Å². The van der Waals surface area contributed by atoms with Crippen LogP contribution in [0.25, 0.3) is 0 Å². The summed E-state index contributed by atoms with van der Waals surface area (Å²) in [4.78, 5) is 2.17. The Bertz CT molecular complexity index is 2140. The molecule has 0 heterocycles. The second-order valence-corrected chi connectivity index (χ2v) is 18.1. The van der Waals surface area contributed by atoms with Crippen LogP contribution in [0.15, 0.2) is 72.8 Å². The van der Waals surface area contributed by atoms with Crippen LogP contribution in [0.1, 0.15) is 100 Å². The van der Waals surface area contributed by atoms with Gasteiger partial charge in [0.15, 0.2) is 0 Å². The molecule has 0 saturated carbocycles. The Labute approximate surface area is 394 Å². The summed E-state index contributed by atoms with van der Waals surface area (Å²) in [5.74, 6) is 1.34. The van der Waals surface area contributed by atoms with E-state index < -0.39 is 0 Å². The molecule has 6 aromatic carbocycles. The molecule has 0 saturated heterocycles. The predicted octanol–water partition coefficient (Wildman–Crippen LogP) is 7.61. The van der Waals surface area contributed by atoms with E-state index in [0.717, 1.165) is 110 Å². The minimum atomic E-state index is 0. The monoisotopic (exact) mass is 928 g/mol. The van der Waals surface area contributed by atoms with Crippen molar-refractivity contribution in [1.29, 1.82) is 0 Å². The van der Waals surface area contributed by atoms with Crippen molar-refractivity contribution in [2.75, 3.05) is 0 Å². The van der Waals surface area contributed by atoms with Gasteiger partial charge in [0.2, 0.25) is 0 Å². The third-order valence-electron chi connectivity index (χ3n) is 11.7. The number of hydrogen-bond acceptors (Lipinski definition) is 6. The maximum absolute atomic E-state index is 12.8. The molecule has 63 heavy (non-hydrogen) atoms. The Balaban J connectivity index is 0.000000272. The standard InChI is InChI=1S/2C27H33NO3.Zr/c2*1-16-7-19(4)25(29)22(10-16)13-28(14-23-11-17(2)8-20(5)26(23)30)15-24-12-18(3)9-21(6)27(24)31;/h2*7-12,29-31H,13-15H2,1-6H3;. The van der Waals surface area contributed by atoms with E-state index in [0.29, 0.717) is 62.3 Å². The summed E-state index contributed by atoms with van der Waals surface area (Å²) >= 11 is 0. The van der Waals surface area contributed by atoms with Gasteiger partial charge in [-0.15, -0.1) is 0 Å². The second-order valence-electron chi connectivity index (χ2n) is 18.1. The fraction of sp³-hybridized carbons (Fsp3) is 0.333. The summed E-state index contributed by atoms with van der Waals surface area (Å²) in [6, 6.07) is 23.6. The molecule has 0 spiro atoms. The van der Waals surface area contributed by atoms with Crippen LogP contribution in [-0.2, 0) is 65.5 Å². The van der Waals surface area contributed by atoms with Crippen LogP contribution in [0.5, 0.6) is 34.5 Å². The van der Waals surface area contributed by atoms with Crippen LogP contribution in [-0.4, -0.2) is 20.4 Å². The van der Waals surface area contributed by atoms with E-state index >= 15 is 0 Å². The molecule has 0 fully saturated rings. The molecule has 0 aliphatic carbocycles. The number of rotatable bonds is 12. The van der Waals surface area contributed by atoms with E-state index in [9.17, 15) is 30.6 Å². The van der Waals surface area contributed by atoms with Crippen molar-refractivity contribution in [2.24, 2.45) is 0 Å². The van der Waals surface area contributed by atoms with Gasteiger partial charge in [-0.25, -0.2) is 0 Å². The van der Waals surface area contributed by atoms with E-state index in [4.69, 9.17) is 0 Å². The third kappa shape index (κ3) is 13.0. The van der Waals surface area contributed by atoms with Crippen LogP contribution in [0.2, 0.25) is 0 Å². The Hall–Kier alpha value is -5.08. The molecule has 0 aliphatic rings. The minimum Gasteiger partial charge on any atom is -0.872 e. The van der Waals surface area contributed by atoms with Crippen molar-refractivity contribution in [3.63, 3.8) is 0 Å². The van der Waals surface area contributed by atoms with Gasteiger partial charge in [-0.1, -0.05) is 105 Å². The Morgan fingerprint density at radius 1 is 0.302 bits per heavy atom. The Morgan fingerprint density at radius 3 is 0.698 bits per heavy atom. The van der Waals surface area contributed by atoms with Crippen LogP contribution < -0.4 is 20.0 Å². The molecule has 0 atom stereocenters. The van der Waals surface area contributed by atoms with Crippen molar-refractivity contribution in [1.82, 2.24) is 0 Å². The maximum Gasteiger partial charge on any atom is 0.127 e. The van der Waals surface area contributed by atoms with Gasteiger partial charge in [0, 0.05) is 48.5 Å². The zero-order valence-electron chi connectivity index (χ0n) is 39.3. The maximum atomic E-state index is 12.8. The van der Waals surface area contributed by atoms with Crippen molar-refractivity contribution < 1.29 is 66.6 Å². The first-order valence-electron chi connectivity index (χ1n) is 21.5. The number of phenols is 4. The van der Waals surface area contributed by atoms with Gasteiger partial charge in [-0.2, -0.15) is 0 Å². The van der Waals surface area contributed by atoms with Crippen LogP contribution in [0.3, 0.4) is 0 Å². The van der Waals surface area contributed by atoms with Crippen LogP contribution in [0.4, 0.5) is 0 Å². The minimum absolute atomic E-state index is 0. The summed E-state index contributed by atoms with van der Waals surface area (Å²) < 4.78 is 0. The number of aryl methyl sites for hydroxylation is 12. The molecule has 6 N–H and O–H groups in total. The SMILES string of the molecule is Cc1cc(C)c([O-])c(C[NH+](Cc2cc(C)cc(C)c2O)Cc2cc(C)cc(C)c2O)c1.Cc1cc(C)c([O-])c(C[NH+](Cc2cc(C)cc(C)c2O)Cc2cc(C)cc(C)c2O)c1.[Zr]. The van der Waals surface area contributed by atoms with Gasteiger partial charge in [0.1, 0.15) is 62.3 Å². The molecule has 6 aromatic rings. The molecular weight excluding hydrogens is 864 g/mol. The molecule has 0 aromatic heterocycles. The number of phenolic OH excluding ortho intramolecular Hbond substituents is 4. The molecule has 0 aliphatic heterocycles. The molecule has 6 rings (SSSR count). The molecule has 332 valence electrons. The van der Waals surface area contributed by atoms with Crippen molar-refractivity contribution in [3.8, 4) is 34.5 Å². The van der Waals surface area contributed by atoms with Gasteiger partial charge in [-0.3, -0.25) is 0 Å². The number of benzene rings is 6. The summed E-state index contributed by atoms with van der Waals surface area (Å²) in [5.41, 5.74) is 16.3. The zero-order chi connectivity index (χ0) is 45.7. The third-order valence-corrected chi connectivity index (χ3v) is 11.7. The van der Waals surface area contributed by atoms with E-state index in [1.165, 1.54) is 0 Å². The van der Waals surface area contributed by atoms with Crippen molar-refractivity contribution >= 4 is 0 Å². The molecule has 0 bridgehead atoms. The van der Waals surface area contributed by atoms with Gasteiger partial charge in [0.05, 0.1) is 0 Å². The Morgan fingerprint density at radius 2 is 0.476 bits per heavy atom. The topological polar surface area (TPSA) is 136 Å². The Kier molecular flexibility index (Phi) is 17.3. The molecule has 0 radical (unpaired) electrons. The predicted molar refractivity (Wildman–Crippen MR) is 245 cm³/mol. The number of nitrogens with one attached hydrogen (secondary N) is 2. The van der Waals surface area contributed by atoms with Gasteiger partial charge in [0.25, 0.3) is 0 Å². The molecule has 8 nitrogen and oxygen atoms in total. The van der Waals surface area contributed by atoms with Crippen LogP contribution >= 0.6 is 0 Å². The first-order valence-corrected chi connectivity index (χ1v) is 21.5. The van der Waals surface area contributed by atoms with E-state index in [2.05, 4.69) is 0 Å². The van der Waals surface area contributed by atoms with E-state index in [1.807, 2.05) is 156 Å². The van der Waals surface area contributed by atoms with Gasteiger partial charge >= 0.3 is 0 Å². The molecule has 0 unspecified atom stereocenters. The largest absolute Gasteiger partial charge is 0.872 e. The quantitative estimate of drug-likeness (QED) is 0.0749. The average molecular weight is 930 g/mol. The molecular formula is C54H66N2O6Zr. The summed E-state index contributed by atoms with van der Waals surface area (Å²) in [6.45, 7) is 26.6. The van der Waals surface area contributed by atoms with E-state index in [1.54, 1.807) is 0 Å².